The fraction of sp³-hybridized carbons (Fsp3) is 0.706. The lowest BCUT2D eigenvalue weighted by molar-refractivity contribution is -0.0590. The first kappa shape index (κ1) is 14.9. The zero-order valence-electron chi connectivity index (χ0n) is 13.3. The molecular formula is C17H26N2O2. The average molecular weight is 290 g/mol. The van der Waals surface area contributed by atoms with Crippen molar-refractivity contribution in [1.82, 2.24) is 9.88 Å². The number of likely N-dealkylation sites (N-methyl/N-ethyl adjacent to an activating group) is 1. The van der Waals surface area contributed by atoms with E-state index in [0.29, 0.717) is 17.9 Å². The monoisotopic (exact) mass is 290 g/mol. The van der Waals surface area contributed by atoms with E-state index < -0.39 is 0 Å². The van der Waals surface area contributed by atoms with Gasteiger partial charge in [-0.05, 0) is 31.0 Å². The topological polar surface area (TPSA) is 34.6 Å². The highest BCUT2D eigenvalue weighted by Gasteiger charge is 2.26. The van der Waals surface area contributed by atoms with Crippen LogP contribution in [0.2, 0.25) is 0 Å². The Morgan fingerprint density at radius 1 is 1.24 bits per heavy atom. The minimum absolute atomic E-state index is 0.468. The number of pyridine rings is 1. The summed E-state index contributed by atoms with van der Waals surface area (Å²) in [4.78, 5) is 7.33. The summed E-state index contributed by atoms with van der Waals surface area (Å²) in [5, 5.41) is 0. The predicted molar refractivity (Wildman–Crippen MR) is 82.6 cm³/mol. The molecule has 0 radical (unpaired) electrons. The molecule has 3 rings (SSSR count). The van der Waals surface area contributed by atoms with Crippen LogP contribution in [0.4, 0.5) is 0 Å². The van der Waals surface area contributed by atoms with Crippen LogP contribution in [-0.4, -0.2) is 49.4 Å². The van der Waals surface area contributed by atoms with Crippen molar-refractivity contribution in [2.24, 2.45) is 0 Å². The third-order valence-electron chi connectivity index (χ3n) is 4.63. The van der Waals surface area contributed by atoms with Gasteiger partial charge in [-0.3, -0.25) is 9.88 Å². The number of rotatable bonds is 5. The van der Waals surface area contributed by atoms with Crippen molar-refractivity contribution in [1.29, 1.82) is 0 Å². The first-order valence-electron chi connectivity index (χ1n) is 8.00. The van der Waals surface area contributed by atoms with Crippen LogP contribution in [0.25, 0.3) is 0 Å². The lowest BCUT2D eigenvalue weighted by atomic mass is 9.95. The summed E-state index contributed by atoms with van der Waals surface area (Å²) >= 11 is 0. The fourth-order valence-electron chi connectivity index (χ4n) is 2.97. The standard InChI is InChI=1S/C17H26N2O2/c1-12(2)16-5-4-15(13-6-7-20-9-13)17(18-16)8-19(3)14-10-21-11-14/h4-5,12-14H,6-11H2,1-3H3. The van der Waals surface area contributed by atoms with E-state index in [9.17, 15) is 0 Å². The molecule has 1 aromatic rings. The zero-order valence-corrected chi connectivity index (χ0v) is 13.3. The molecule has 0 aromatic carbocycles. The van der Waals surface area contributed by atoms with Crippen LogP contribution in [0.3, 0.4) is 0 Å². The van der Waals surface area contributed by atoms with E-state index in [1.165, 1.54) is 17.0 Å². The smallest absolute Gasteiger partial charge is 0.0645 e. The molecule has 116 valence electrons. The quantitative estimate of drug-likeness (QED) is 0.834. The van der Waals surface area contributed by atoms with Crippen molar-refractivity contribution in [2.75, 3.05) is 33.5 Å². The van der Waals surface area contributed by atoms with E-state index >= 15 is 0 Å². The minimum atomic E-state index is 0.468. The molecule has 0 spiro atoms. The molecular weight excluding hydrogens is 264 g/mol. The Balaban J connectivity index is 1.83. The lowest BCUT2D eigenvalue weighted by Crippen LogP contribution is -2.46. The van der Waals surface area contributed by atoms with Crippen molar-refractivity contribution in [2.45, 2.75) is 44.7 Å². The fourth-order valence-corrected chi connectivity index (χ4v) is 2.97. The summed E-state index contributed by atoms with van der Waals surface area (Å²) in [7, 11) is 2.17. The summed E-state index contributed by atoms with van der Waals surface area (Å²) in [5.74, 6) is 0.981. The van der Waals surface area contributed by atoms with Gasteiger partial charge in [-0.15, -0.1) is 0 Å². The Morgan fingerprint density at radius 3 is 2.62 bits per heavy atom. The predicted octanol–water partition coefficient (Wildman–Crippen LogP) is 2.54. The molecule has 0 amide bonds. The number of aromatic nitrogens is 1. The molecule has 2 saturated heterocycles. The molecule has 0 saturated carbocycles. The van der Waals surface area contributed by atoms with Gasteiger partial charge in [0.1, 0.15) is 0 Å². The first-order valence-corrected chi connectivity index (χ1v) is 8.00. The Bertz CT molecular complexity index is 480. The van der Waals surface area contributed by atoms with Crippen molar-refractivity contribution >= 4 is 0 Å². The first-order chi connectivity index (χ1) is 10.1. The SMILES string of the molecule is CC(C)c1ccc(C2CCOC2)c(CN(C)C2COC2)n1. The van der Waals surface area contributed by atoms with Gasteiger partial charge in [0.15, 0.2) is 0 Å². The second kappa shape index (κ2) is 6.42. The molecule has 0 bridgehead atoms. The van der Waals surface area contributed by atoms with Gasteiger partial charge in [-0.2, -0.15) is 0 Å². The minimum Gasteiger partial charge on any atom is -0.381 e. The van der Waals surface area contributed by atoms with Crippen LogP contribution < -0.4 is 0 Å². The molecule has 2 fully saturated rings. The molecule has 3 heterocycles. The molecule has 4 heteroatoms. The van der Waals surface area contributed by atoms with E-state index in [1.807, 2.05) is 0 Å². The van der Waals surface area contributed by atoms with E-state index in [1.54, 1.807) is 0 Å². The molecule has 21 heavy (non-hydrogen) atoms. The third-order valence-corrected chi connectivity index (χ3v) is 4.63. The highest BCUT2D eigenvalue weighted by molar-refractivity contribution is 5.29. The normalized spacial score (nSPS) is 23.0. The highest BCUT2D eigenvalue weighted by atomic mass is 16.5. The summed E-state index contributed by atoms with van der Waals surface area (Å²) in [6, 6.07) is 5.01. The van der Waals surface area contributed by atoms with Crippen LogP contribution in [0.1, 0.15) is 49.1 Å². The second-order valence-electron chi connectivity index (χ2n) is 6.59. The van der Waals surface area contributed by atoms with Gasteiger partial charge < -0.3 is 9.47 Å². The van der Waals surface area contributed by atoms with E-state index in [4.69, 9.17) is 14.5 Å². The summed E-state index contributed by atoms with van der Waals surface area (Å²) in [5.41, 5.74) is 3.79. The number of nitrogens with zero attached hydrogens (tertiary/aromatic N) is 2. The van der Waals surface area contributed by atoms with Crippen LogP contribution >= 0.6 is 0 Å². The number of ether oxygens (including phenoxy) is 2. The molecule has 1 aromatic heterocycles. The van der Waals surface area contributed by atoms with Crippen molar-refractivity contribution < 1.29 is 9.47 Å². The largest absolute Gasteiger partial charge is 0.381 e. The lowest BCUT2D eigenvalue weighted by Gasteiger charge is -2.35. The van der Waals surface area contributed by atoms with E-state index in [-0.39, 0.29) is 0 Å². The van der Waals surface area contributed by atoms with Crippen molar-refractivity contribution in [3.8, 4) is 0 Å². The van der Waals surface area contributed by atoms with Crippen LogP contribution in [-0.2, 0) is 16.0 Å². The molecule has 2 aliphatic heterocycles. The number of hydrogen-bond acceptors (Lipinski definition) is 4. The van der Waals surface area contributed by atoms with Gasteiger partial charge in [0.05, 0.1) is 31.6 Å². The molecule has 4 nitrogen and oxygen atoms in total. The van der Waals surface area contributed by atoms with Crippen LogP contribution in [0, 0.1) is 0 Å². The molecule has 1 atom stereocenters. The Hall–Kier alpha value is -0.970. The highest BCUT2D eigenvalue weighted by Crippen LogP contribution is 2.29. The van der Waals surface area contributed by atoms with Crippen LogP contribution in [0.5, 0.6) is 0 Å². The van der Waals surface area contributed by atoms with Gasteiger partial charge in [-0.25, -0.2) is 0 Å². The summed E-state index contributed by atoms with van der Waals surface area (Å²) in [6.07, 6.45) is 1.12. The van der Waals surface area contributed by atoms with E-state index in [2.05, 4.69) is 37.9 Å². The molecule has 0 N–H and O–H groups in total. The zero-order chi connectivity index (χ0) is 14.8. The molecule has 2 aliphatic rings. The van der Waals surface area contributed by atoms with Gasteiger partial charge in [0.25, 0.3) is 0 Å². The van der Waals surface area contributed by atoms with Gasteiger partial charge in [-0.1, -0.05) is 19.9 Å². The maximum Gasteiger partial charge on any atom is 0.0645 e. The second-order valence-corrected chi connectivity index (χ2v) is 6.59. The summed E-state index contributed by atoms with van der Waals surface area (Å²) in [6.45, 7) is 8.72. The average Bonchev–Trinajstić information content (AvgIpc) is 2.90. The van der Waals surface area contributed by atoms with Crippen molar-refractivity contribution in [3.05, 3.63) is 29.1 Å². The maximum atomic E-state index is 5.57. The van der Waals surface area contributed by atoms with Gasteiger partial charge >= 0.3 is 0 Å². The van der Waals surface area contributed by atoms with E-state index in [0.717, 1.165) is 39.4 Å². The Kier molecular flexibility index (Phi) is 4.57. The number of hydrogen-bond donors (Lipinski definition) is 0. The summed E-state index contributed by atoms with van der Waals surface area (Å²) < 4.78 is 10.9. The molecule has 1 unspecified atom stereocenters. The molecule has 0 aliphatic carbocycles. The third kappa shape index (κ3) is 3.28. The van der Waals surface area contributed by atoms with Crippen LogP contribution in [0.15, 0.2) is 12.1 Å². The maximum absolute atomic E-state index is 5.57. The van der Waals surface area contributed by atoms with Gasteiger partial charge in [0, 0.05) is 24.8 Å². The Labute approximate surface area is 127 Å². The Morgan fingerprint density at radius 2 is 2.05 bits per heavy atom. The van der Waals surface area contributed by atoms with Gasteiger partial charge in [0.2, 0.25) is 0 Å². The van der Waals surface area contributed by atoms with Crippen molar-refractivity contribution in [3.63, 3.8) is 0 Å².